The summed E-state index contributed by atoms with van der Waals surface area (Å²) in [7, 11) is 0. The fourth-order valence-electron chi connectivity index (χ4n) is 1.82. The van der Waals surface area contributed by atoms with Crippen molar-refractivity contribution in [3.63, 3.8) is 0 Å². The molecule has 1 heterocycles. The van der Waals surface area contributed by atoms with E-state index in [1.807, 2.05) is 23.9 Å². The van der Waals surface area contributed by atoms with Gasteiger partial charge in [0.05, 0.1) is 0 Å². The molecule has 1 aromatic carbocycles. The molecule has 0 bridgehead atoms. The Labute approximate surface area is 107 Å². The van der Waals surface area contributed by atoms with Crippen LogP contribution in [0.5, 0.6) is 5.75 Å². The molecule has 1 atom stereocenters. The second-order valence-electron chi connectivity index (χ2n) is 4.19. The molecule has 1 N–H and O–H groups in total. The van der Waals surface area contributed by atoms with E-state index in [0.29, 0.717) is 12.6 Å². The second-order valence-corrected chi connectivity index (χ2v) is 5.33. The van der Waals surface area contributed by atoms with Crippen LogP contribution in [-0.2, 0) is 6.54 Å². The molecule has 1 fully saturated rings. The van der Waals surface area contributed by atoms with Gasteiger partial charge in [0.15, 0.2) is 0 Å². The molecular formula is C14H19NOS. The van der Waals surface area contributed by atoms with Crippen LogP contribution in [0.25, 0.3) is 0 Å². The maximum Gasteiger partial charge on any atom is 0.119 e. The first-order valence-corrected chi connectivity index (χ1v) is 7.17. The van der Waals surface area contributed by atoms with Gasteiger partial charge < -0.3 is 10.1 Å². The Morgan fingerprint density at radius 3 is 2.88 bits per heavy atom. The molecule has 2 rings (SSSR count). The van der Waals surface area contributed by atoms with E-state index in [2.05, 4.69) is 24.0 Å². The van der Waals surface area contributed by atoms with Crippen molar-refractivity contribution in [2.24, 2.45) is 0 Å². The fraction of sp³-hybridized carbons (Fsp3) is 0.429. The smallest absolute Gasteiger partial charge is 0.119 e. The first-order chi connectivity index (χ1) is 8.38. The van der Waals surface area contributed by atoms with Crippen LogP contribution in [0.3, 0.4) is 0 Å². The largest absolute Gasteiger partial charge is 0.490 e. The lowest BCUT2D eigenvalue weighted by molar-refractivity contribution is 0.363. The summed E-state index contributed by atoms with van der Waals surface area (Å²) in [4.78, 5) is 0. The molecule has 1 unspecified atom stereocenters. The molecule has 0 saturated carbocycles. The highest BCUT2D eigenvalue weighted by Crippen LogP contribution is 2.18. The maximum atomic E-state index is 5.45. The summed E-state index contributed by atoms with van der Waals surface area (Å²) in [5.41, 5.74) is 1.31. The number of hydrogen-bond acceptors (Lipinski definition) is 3. The van der Waals surface area contributed by atoms with Gasteiger partial charge in [-0.3, -0.25) is 0 Å². The lowest BCUT2D eigenvalue weighted by Crippen LogP contribution is -2.27. The van der Waals surface area contributed by atoms with Crippen molar-refractivity contribution in [2.45, 2.75) is 19.0 Å². The average molecular weight is 249 g/mol. The van der Waals surface area contributed by atoms with Gasteiger partial charge in [0, 0.05) is 18.3 Å². The number of thioether (sulfide) groups is 1. The van der Waals surface area contributed by atoms with Crippen LogP contribution in [0.1, 0.15) is 12.0 Å². The van der Waals surface area contributed by atoms with Gasteiger partial charge in [0.1, 0.15) is 12.4 Å². The van der Waals surface area contributed by atoms with Crippen molar-refractivity contribution in [3.05, 3.63) is 42.5 Å². The minimum absolute atomic E-state index is 0.566. The molecule has 0 aliphatic carbocycles. The number of rotatable bonds is 6. The summed E-state index contributed by atoms with van der Waals surface area (Å²) in [6, 6.07) is 8.96. The van der Waals surface area contributed by atoms with Gasteiger partial charge in [-0.15, -0.1) is 0 Å². The standard InChI is InChI=1S/C14H19NOS/c1-2-8-16-14-5-3-12(4-6-14)10-15-13-7-9-17-11-13/h2-6,13,15H,1,7-11H2. The zero-order valence-electron chi connectivity index (χ0n) is 10.0. The predicted molar refractivity (Wildman–Crippen MR) is 74.7 cm³/mol. The molecule has 92 valence electrons. The Hall–Kier alpha value is -0.930. The van der Waals surface area contributed by atoms with Gasteiger partial charge in [0.25, 0.3) is 0 Å². The summed E-state index contributed by atoms with van der Waals surface area (Å²) in [6.07, 6.45) is 3.05. The summed E-state index contributed by atoms with van der Waals surface area (Å²) >= 11 is 2.04. The van der Waals surface area contributed by atoms with E-state index in [0.717, 1.165) is 12.3 Å². The third-order valence-electron chi connectivity index (χ3n) is 2.82. The van der Waals surface area contributed by atoms with E-state index in [4.69, 9.17) is 4.74 Å². The Morgan fingerprint density at radius 1 is 1.41 bits per heavy atom. The van der Waals surface area contributed by atoms with Gasteiger partial charge in [-0.25, -0.2) is 0 Å². The number of nitrogens with one attached hydrogen (secondary N) is 1. The summed E-state index contributed by atoms with van der Waals surface area (Å²) in [5.74, 6) is 3.46. The van der Waals surface area contributed by atoms with E-state index >= 15 is 0 Å². The maximum absolute atomic E-state index is 5.45. The molecule has 0 aromatic heterocycles. The van der Waals surface area contributed by atoms with E-state index in [9.17, 15) is 0 Å². The minimum atomic E-state index is 0.566. The van der Waals surface area contributed by atoms with Crippen LogP contribution < -0.4 is 10.1 Å². The van der Waals surface area contributed by atoms with Crippen LogP contribution in [-0.4, -0.2) is 24.2 Å². The third kappa shape index (κ3) is 4.10. The monoisotopic (exact) mass is 249 g/mol. The molecular weight excluding hydrogens is 230 g/mol. The molecule has 3 heteroatoms. The SMILES string of the molecule is C=CCOc1ccc(CNC2CCSC2)cc1. The lowest BCUT2D eigenvalue weighted by atomic mass is 10.2. The Balaban J connectivity index is 1.78. The van der Waals surface area contributed by atoms with Gasteiger partial charge in [-0.1, -0.05) is 24.8 Å². The molecule has 1 aromatic rings. The topological polar surface area (TPSA) is 21.3 Å². The van der Waals surface area contributed by atoms with Crippen molar-refractivity contribution in [1.29, 1.82) is 0 Å². The minimum Gasteiger partial charge on any atom is -0.490 e. The van der Waals surface area contributed by atoms with E-state index < -0.39 is 0 Å². The Kier molecular flexibility index (Phi) is 4.95. The van der Waals surface area contributed by atoms with Crippen molar-refractivity contribution < 1.29 is 4.74 Å². The molecule has 1 aliphatic rings. The molecule has 1 aliphatic heterocycles. The fourth-order valence-corrected chi connectivity index (χ4v) is 3.00. The zero-order chi connectivity index (χ0) is 11.9. The van der Waals surface area contributed by atoms with Gasteiger partial charge in [-0.2, -0.15) is 11.8 Å². The number of benzene rings is 1. The van der Waals surface area contributed by atoms with Gasteiger partial charge in [0.2, 0.25) is 0 Å². The normalized spacial score (nSPS) is 19.2. The van der Waals surface area contributed by atoms with E-state index in [-0.39, 0.29) is 0 Å². The highest BCUT2D eigenvalue weighted by Gasteiger charge is 2.13. The van der Waals surface area contributed by atoms with Crippen molar-refractivity contribution in [3.8, 4) is 5.75 Å². The molecule has 1 saturated heterocycles. The van der Waals surface area contributed by atoms with Crippen molar-refractivity contribution in [2.75, 3.05) is 18.1 Å². The van der Waals surface area contributed by atoms with Crippen LogP contribution >= 0.6 is 11.8 Å². The Bertz CT molecular complexity index is 344. The molecule has 0 spiro atoms. The predicted octanol–water partition coefficient (Wildman–Crippen LogP) is 2.85. The summed E-state index contributed by atoms with van der Waals surface area (Å²) in [6.45, 7) is 5.15. The van der Waals surface area contributed by atoms with Crippen LogP contribution in [0, 0.1) is 0 Å². The summed E-state index contributed by atoms with van der Waals surface area (Å²) in [5, 5.41) is 3.58. The average Bonchev–Trinajstić information content (AvgIpc) is 2.88. The molecule has 2 nitrogen and oxygen atoms in total. The van der Waals surface area contributed by atoms with Gasteiger partial charge in [-0.05, 0) is 29.9 Å². The number of hydrogen-bond donors (Lipinski definition) is 1. The lowest BCUT2D eigenvalue weighted by Gasteiger charge is -2.11. The quantitative estimate of drug-likeness (QED) is 0.783. The third-order valence-corrected chi connectivity index (χ3v) is 3.98. The highest BCUT2D eigenvalue weighted by atomic mass is 32.2. The first-order valence-electron chi connectivity index (χ1n) is 6.02. The van der Waals surface area contributed by atoms with E-state index in [1.54, 1.807) is 6.08 Å². The van der Waals surface area contributed by atoms with Crippen LogP contribution in [0.15, 0.2) is 36.9 Å². The van der Waals surface area contributed by atoms with Gasteiger partial charge >= 0.3 is 0 Å². The number of ether oxygens (including phenoxy) is 1. The second kappa shape index (κ2) is 6.72. The molecule has 0 amide bonds. The van der Waals surface area contributed by atoms with Crippen LogP contribution in [0.2, 0.25) is 0 Å². The van der Waals surface area contributed by atoms with Crippen molar-refractivity contribution in [1.82, 2.24) is 5.32 Å². The highest BCUT2D eigenvalue weighted by molar-refractivity contribution is 7.99. The molecule has 17 heavy (non-hydrogen) atoms. The van der Waals surface area contributed by atoms with Crippen molar-refractivity contribution >= 4 is 11.8 Å². The van der Waals surface area contributed by atoms with E-state index in [1.165, 1.54) is 23.5 Å². The summed E-state index contributed by atoms with van der Waals surface area (Å²) < 4.78 is 5.45. The molecule has 0 radical (unpaired) electrons. The van der Waals surface area contributed by atoms with Crippen LogP contribution in [0.4, 0.5) is 0 Å². The first kappa shape index (κ1) is 12.5. The zero-order valence-corrected chi connectivity index (χ0v) is 10.8. The Morgan fingerprint density at radius 2 is 2.24 bits per heavy atom.